The van der Waals surface area contributed by atoms with Crippen LogP contribution in [0.3, 0.4) is 0 Å². The number of benzene rings is 1. The summed E-state index contributed by atoms with van der Waals surface area (Å²) in [6, 6.07) is 7.26. The molecule has 2 aliphatic rings. The molecule has 0 radical (unpaired) electrons. The number of phenols is 1. The zero-order chi connectivity index (χ0) is 13.9. The van der Waals surface area contributed by atoms with Crippen LogP contribution in [0.5, 0.6) is 5.75 Å². The van der Waals surface area contributed by atoms with Crippen molar-refractivity contribution in [3.63, 3.8) is 0 Å². The molecule has 0 bridgehead atoms. The van der Waals surface area contributed by atoms with Gasteiger partial charge in [-0.1, -0.05) is 0 Å². The molecule has 1 amide bonds. The van der Waals surface area contributed by atoms with E-state index in [2.05, 4.69) is 10.2 Å². The third-order valence-electron chi connectivity index (χ3n) is 4.22. The van der Waals surface area contributed by atoms with Gasteiger partial charge >= 0.3 is 0 Å². The van der Waals surface area contributed by atoms with Crippen molar-refractivity contribution < 1.29 is 9.90 Å². The lowest BCUT2D eigenvalue weighted by Gasteiger charge is -2.37. The van der Waals surface area contributed by atoms with Crippen molar-refractivity contribution in [2.75, 3.05) is 44.2 Å². The van der Waals surface area contributed by atoms with E-state index in [0.29, 0.717) is 5.91 Å². The van der Waals surface area contributed by atoms with Gasteiger partial charge < -0.3 is 20.2 Å². The summed E-state index contributed by atoms with van der Waals surface area (Å²) < 4.78 is 0. The van der Waals surface area contributed by atoms with E-state index in [1.54, 1.807) is 12.1 Å². The lowest BCUT2D eigenvalue weighted by atomic mass is 10.1. The molecular formula is C15H23Cl2N3O2. The lowest BCUT2D eigenvalue weighted by molar-refractivity contribution is -0.135. The molecular weight excluding hydrogens is 325 g/mol. The van der Waals surface area contributed by atoms with Gasteiger partial charge in [0.1, 0.15) is 5.75 Å². The van der Waals surface area contributed by atoms with E-state index in [9.17, 15) is 9.90 Å². The van der Waals surface area contributed by atoms with E-state index >= 15 is 0 Å². The summed E-state index contributed by atoms with van der Waals surface area (Å²) >= 11 is 0. The number of carbonyl (C=O) groups is 1. The number of amides is 1. The Bertz CT molecular complexity index is 470. The van der Waals surface area contributed by atoms with E-state index in [1.807, 2.05) is 17.0 Å². The first-order chi connectivity index (χ1) is 9.74. The second kappa shape index (κ2) is 8.46. The van der Waals surface area contributed by atoms with E-state index < -0.39 is 0 Å². The number of nitrogens with one attached hydrogen (secondary N) is 1. The molecule has 1 unspecified atom stereocenters. The van der Waals surface area contributed by atoms with Gasteiger partial charge in [0.05, 0.1) is 5.92 Å². The third-order valence-corrected chi connectivity index (χ3v) is 4.22. The van der Waals surface area contributed by atoms with Crippen LogP contribution in [0.25, 0.3) is 0 Å². The molecule has 1 aromatic rings. The minimum atomic E-state index is 0. The summed E-state index contributed by atoms with van der Waals surface area (Å²) in [5, 5.41) is 12.6. The summed E-state index contributed by atoms with van der Waals surface area (Å²) in [5.41, 5.74) is 1.11. The summed E-state index contributed by atoms with van der Waals surface area (Å²) in [5.74, 6) is 0.770. The summed E-state index contributed by atoms with van der Waals surface area (Å²) in [6.07, 6.45) is 0.969. The second-order valence-electron chi connectivity index (χ2n) is 5.52. The minimum absolute atomic E-state index is 0. The highest BCUT2D eigenvalue weighted by atomic mass is 35.5. The highest BCUT2D eigenvalue weighted by Crippen LogP contribution is 2.21. The predicted molar refractivity (Wildman–Crippen MR) is 92.4 cm³/mol. The summed E-state index contributed by atoms with van der Waals surface area (Å²) in [4.78, 5) is 16.6. The molecule has 7 heteroatoms. The van der Waals surface area contributed by atoms with Crippen LogP contribution in [0.1, 0.15) is 6.42 Å². The Morgan fingerprint density at radius 3 is 2.27 bits per heavy atom. The number of phenolic OH excluding ortho intramolecular Hbond substituents is 1. The molecule has 2 saturated heterocycles. The predicted octanol–water partition coefficient (Wildman–Crippen LogP) is 1.49. The number of piperazine rings is 1. The first kappa shape index (κ1) is 18.9. The fourth-order valence-electron chi connectivity index (χ4n) is 2.97. The number of nitrogens with zero attached hydrogens (tertiary/aromatic N) is 2. The fraction of sp³-hybridized carbons (Fsp3) is 0.533. The van der Waals surface area contributed by atoms with Crippen LogP contribution in [0.15, 0.2) is 24.3 Å². The summed E-state index contributed by atoms with van der Waals surface area (Å²) in [6.45, 7) is 5.08. The molecule has 2 aliphatic heterocycles. The molecule has 1 aromatic carbocycles. The van der Waals surface area contributed by atoms with Crippen LogP contribution < -0.4 is 10.2 Å². The molecule has 22 heavy (non-hydrogen) atoms. The van der Waals surface area contributed by atoms with Gasteiger partial charge in [0.25, 0.3) is 0 Å². The third kappa shape index (κ3) is 4.18. The van der Waals surface area contributed by atoms with Gasteiger partial charge in [0, 0.05) is 38.4 Å². The van der Waals surface area contributed by atoms with Crippen LogP contribution >= 0.6 is 24.8 Å². The maximum absolute atomic E-state index is 12.3. The molecule has 5 nitrogen and oxygen atoms in total. The highest BCUT2D eigenvalue weighted by Gasteiger charge is 2.29. The van der Waals surface area contributed by atoms with Gasteiger partial charge in [-0.3, -0.25) is 4.79 Å². The molecule has 0 aromatic heterocycles. The Kier molecular flexibility index (Phi) is 7.26. The van der Waals surface area contributed by atoms with Gasteiger partial charge in [-0.25, -0.2) is 0 Å². The van der Waals surface area contributed by atoms with Crippen molar-refractivity contribution in [1.29, 1.82) is 0 Å². The Hall–Kier alpha value is -1.17. The molecule has 0 aliphatic carbocycles. The van der Waals surface area contributed by atoms with Crippen LogP contribution in [-0.2, 0) is 4.79 Å². The maximum atomic E-state index is 12.3. The molecule has 2 heterocycles. The van der Waals surface area contributed by atoms with E-state index in [0.717, 1.165) is 51.4 Å². The topological polar surface area (TPSA) is 55.8 Å². The molecule has 0 saturated carbocycles. The lowest BCUT2D eigenvalue weighted by Crippen LogP contribution is -2.50. The van der Waals surface area contributed by atoms with Gasteiger partial charge in [-0.2, -0.15) is 0 Å². The largest absolute Gasteiger partial charge is 0.508 e. The van der Waals surface area contributed by atoms with Crippen LogP contribution in [0.2, 0.25) is 0 Å². The first-order valence-electron chi connectivity index (χ1n) is 7.27. The van der Waals surface area contributed by atoms with Crippen molar-refractivity contribution in [3.05, 3.63) is 24.3 Å². The van der Waals surface area contributed by atoms with E-state index in [-0.39, 0.29) is 36.5 Å². The Labute approximate surface area is 143 Å². The Balaban J connectivity index is 0.00000121. The van der Waals surface area contributed by atoms with Gasteiger partial charge in [-0.15, -0.1) is 24.8 Å². The molecule has 0 spiro atoms. The zero-order valence-electron chi connectivity index (χ0n) is 12.4. The Morgan fingerprint density at radius 2 is 1.73 bits per heavy atom. The average Bonchev–Trinajstić information content (AvgIpc) is 3.02. The maximum Gasteiger partial charge on any atom is 0.227 e. The number of halogens is 2. The second-order valence-corrected chi connectivity index (χ2v) is 5.52. The van der Waals surface area contributed by atoms with Crippen molar-refractivity contribution in [2.45, 2.75) is 6.42 Å². The van der Waals surface area contributed by atoms with Crippen LogP contribution in [-0.4, -0.2) is 55.2 Å². The summed E-state index contributed by atoms with van der Waals surface area (Å²) in [7, 11) is 0. The number of carbonyl (C=O) groups excluding carboxylic acids is 1. The van der Waals surface area contributed by atoms with Crippen molar-refractivity contribution in [2.24, 2.45) is 5.92 Å². The number of hydrogen-bond donors (Lipinski definition) is 2. The van der Waals surface area contributed by atoms with Gasteiger partial charge in [-0.05, 0) is 37.2 Å². The minimum Gasteiger partial charge on any atom is -0.508 e. The Morgan fingerprint density at radius 1 is 1.09 bits per heavy atom. The molecule has 2 N–H and O–H groups in total. The monoisotopic (exact) mass is 347 g/mol. The van der Waals surface area contributed by atoms with E-state index in [4.69, 9.17) is 0 Å². The molecule has 2 fully saturated rings. The standard InChI is InChI=1S/C15H21N3O2.2ClH/c19-14-3-1-13(2-4-14)17-7-9-18(10-8-17)15(20)12-5-6-16-11-12;;/h1-4,12,16,19H,5-11H2;2*1H. The molecule has 1 atom stereocenters. The van der Waals surface area contributed by atoms with Gasteiger partial charge in [0.2, 0.25) is 5.91 Å². The number of rotatable bonds is 2. The fourth-order valence-corrected chi connectivity index (χ4v) is 2.97. The van der Waals surface area contributed by atoms with Crippen LogP contribution in [0, 0.1) is 5.92 Å². The SMILES string of the molecule is Cl.Cl.O=C(C1CCNC1)N1CCN(c2ccc(O)cc2)CC1. The van der Waals surface area contributed by atoms with E-state index in [1.165, 1.54) is 0 Å². The average molecular weight is 348 g/mol. The molecule has 124 valence electrons. The smallest absolute Gasteiger partial charge is 0.227 e. The number of hydrogen-bond acceptors (Lipinski definition) is 4. The van der Waals surface area contributed by atoms with Crippen molar-refractivity contribution in [1.82, 2.24) is 10.2 Å². The quantitative estimate of drug-likeness (QED) is 0.851. The number of aromatic hydroxyl groups is 1. The zero-order valence-corrected chi connectivity index (χ0v) is 14.0. The first-order valence-corrected chi connectivity index (χ1v) is 7.27. The van der Waals surface area contributed by atoms with Crippen molar-refractivity contribution in [3.8, 4) is 5.75 Å². The number of anilines is 1. The van der Waals surface area contributed by atoms with Crippen LogP contribution in [0.4, 0.5) is 5.69 Å². The molecule has 3 rings (SSSR count). The normalized spacial score (nSPS) is 21.0. The highest BCUT2D eigenvalue weighted by molar-refractivity contribution is 5.85. The van der Waals surface area contributed by atoms with Gasteiger partial charge in [0.15, 0.2) is 0 Å². The van der Waals surface area contributed by atoms with Crippen molar-refractivity contribution >= 4 is 36.4 Å².